The lowest BCUT2D eigenvalue weighted by Gasteiger charge is -2.31. The first-order chi connectivity index (χ1) is 13.6. The standard InChI is InChI=1S/C22H28N2O4.2BrH/c25-19-9-17-16-5-6-23(13-18(16)22(27)28-21(17)10-20(19)26)7-8-24-11-14-1-2-15(12-24)4-3-14;;/h9-10,14-15,25-26H,1-8,11-13H2;2*1H. The lowest BCUT2D eigenvalue weighted by molar-refractivity contribution is 0.182. The molecule has 3 fully saturated rings. The van der Waals surface area contributed by atoms with E-state index in [1.165, 1.54) is 50.9 Å². The topological polar surface area (TPSA) is 77.1 Å². The molecule has 1 aromatic heterocycles. The highest BCUT2D eigenvalue weighted by Gasteiger charge is 2.30. The zero-order valence-electron chi connectivity index (χ0n) is 17.0. The van der Waals surface area contributed by atoms with Crippen molar-refractivity contribution in [2.45, 2.75) is 38.6 Å². The van der Waals surface area contributed by atoms with Crippen LogP contribution in [0, 0.1) is 11.8 Å². The van der Waals surface area contributed by atoms with Gasteiger partial charge in [0.25, 0.3) is 0 Å². The molecular formula is C22H30Br2N2O4. The predicted octanol–water partition coefficient (Wildman–Crippen LogP) is 3.84. The van der Waals surface area contributed by atoms with Gasteiger partial charge in [-0.05, 0) is 55.6 Å². The number of hydrogen-bond acceptors (Lipinski definition) is 6. The van der Waals surface area contributed by atoms with Gasteiger partial charge in [0, 0.05) is 50.7 Å². The Bertz CT molecular complexity index is 942. The van der Waals surface area contributed by atoms with Gasteiger partial charge in [0.1, 0.15) is 5.58 Å². The number of phenolic OH excluding ortho intramolecular Hbond substituents is 2. The highest BCUT2D eigenvalue weighted by Crippen LogP contribution is 2.35. The van der Waals surface area contributed by atoms with Gasteiger partial charge in [-0.25, -0.2) is 4.79 Å². The zero-order valence-corrected chi connectivity index (χ0v) is 20.4. The van der Waals surface area contributed by atoms with Gasteiger partial charge in [0.2, 0.25) is 0 Å². The van der Waals surface area contributed by atoms with Gasteiger partial charge in [-0.3, -0.25) is 4.90 Å². The molecule has 6 rings (SSSR count). The average molecular weight is 546 g/mol. The van der Waals surface area contributed by atoms with Crippen LogP contribution in [0.25, 0.3) is 11.0 Å². The normalized spacial score (nSPS) is 24.0. The van der Waals surface area contributed by atoms with Crippen molar-refractivity contribution in [1.82, 2.24) is 9.80 Å². The lowest BCUT2D eigenvalue weighted by Crippen LogP contribution is -2.40. The summed E-state index contributed by atoms with van der Waals surface area (Å²) in [5.41, 5.74) is 1.66. The molecule has 4 heterocycles. The minimum absolute atomic E-state index is 0. The number of hydrogen-bond donors (Lipinski definition) is 2. The van der Waals surface area contributed by atoms with E-state index in [-0.39, 0.29) is 51.1 Å². The molecule has 166 valence electrons. The van der Waals surface area contributed by atoms with Crippen LogP contribution >= 0.6 is 34.0 Å². The first kappa shape index (κ1) is 23.6. The molecule has 0 radical (unpaired) electrons. The van der Waals surface area contributed by atoms with Gasteiger partial charge in [-0.1, -0.05) is 0 Å². The van der Waals surface area contributed by atoms with Gasteiger partial charge < -0.3 is 19.5 Å². The maximum absolute atomic E-state index is 12.5. The molecule has 30 heavy (non-hydrogen) atoms. The van der Waals surface area contributed by atoms with E-state index >= 15 is 0 Å². The fraction of sp³-hybridized carbons (Fsp3) is 0.591. The fourth-order valence-corrected chi connectivity index (χ4v) is 5.40. The van der Waals surface area contributed by atoms with Crippen LogP contribution in [0.2, 0.25) is 0 Å². The second-order valence-corrected chi connectivity index (χ2v) is 8.86. The monoisotopic (exact) mass is 544 g/mol. The number of rotatable bonds is 3. The van der Waals surface area contributed by atoms with Crippen molar-refractivity contribution in [3.05, 3.63) is 33.7 Å². The molecule has 1 aromatic carbocycles. The van der Waals surface area contributed by atoms with Crippen LogP contribution in [-0.2, 0) is 13.0 Å². The predicted molar refractivity (Wildman–Crippen MR) is 127 cm³/mol. The van der Waals surface area contributed by atoms with Gasteiger partial charge in [0.05, 0.1) is 5.56 Å². The molecule has 2 aromatic rings. The summed E-state index contributed by atoms with van der Waals surface area (Å²) in [5, 5.41) is 20.3. The first-order valence-electron chi connectivity index (χ1n) is 10.5. The smallest absolute Gasteiger partial charge is 0.341 e. The van der Waals surface area contributed by atoms with Crippen LogP contribution in [0.5, 0.6) is 11.5 Å². The molecule has 2 N–H and O–H groups in total. The van der Waals surface area contributed by atoms with E-state index < -0.39 is 0 Å². The molecule has 0 spiro atoms. The van der Waals surface area contributed by atoms with Crippen molar-refractivity contribution in [2.24, 2.45) is 11.8 Å². The molecule has 0 unspecified atom stereocenters. The second kappa shape index (κ2) is 9.59. The van der Waals surface area contributed by atoms with Crippen molar-refractivity contribution in [2.75, 3.05) is 32.7 Å². The Balaban J connectivity index is 0.00000128. The highest BCUT2D eigenvalue weighted by molar-refractivity contribution is 8.93. The van der Waals surface area contributed by atoms with Crippen LogP contribution in [0.1, 0.15) is 36.8 Å². The van der Waals surface area contributed by atoms with Crippen LogP contribution in [0.15, 0.2) is 21.3 Å². The van der Waals surface area contributed by atoms with Gasteiger partial charge in [0.15, 0.2) is 11.5 Å². The van der Waals surface area contributed by atoms with Gasteiger partial charge >= 0.3 is 5.63 Å². The maximum Gasteiger partial charge on any atom is 0.341 e. The molecule has 1 aliphatic carbocycles. The van der Waals surface area contributed by atoms with E-state index in [4.69, 9.17) is 4.42 Å². The Hall–Kier alpha value is -1.09. The lowest BCUT2D eigenvalue weighted by atomic mass is 9.84. The number of halogens is 2. The van der Waals surface area contributed by atoms with E-state index in [2.05, 4.69) is 9.80 Å². The molecule has 2 bridgehead atoms. The van der Waals surface area contributed by atoms with Crippen molar-refractivity contribution in [3.63, 3.8) is 0 Å². The van der Waals surface area contributed by atoms with Crippen LogP contribution in [0.3, 0.4) is 0 Å². The number of aromatic hydroxyl groups is 2. The Morgan fingerprint density at radius 3 is 2.17 bits per heavy atom. The third-order valence-electron chi connectivity index (χ3n) is 7.01. The summed E-state index contributed by atoms with van der Waals surface area (Å²) >= 11 is 0. The molecule has 6 nitrogen and oxygen atoms in total. The summed E-state index contributed by atoms with van der Waals surface area (Å²) in [4.78, 5) is 17.5. The van der Waals surface area contributed by atoms with Crippen molar-refractivity contribution in [1.29, 1.82) is 0 Å². The van der Waals surface area contributed by atoms with Gasteiger partial charge in [-0.15, -0.1) is 34.0 Å². The third kappa shape index (κ3) is 4.56. The third-order valence-corrected chi connectivity index (χ3v) is 7.01. The fourth-order valence-electron chi connectivity index (χ4n) is 5.40. The summed E-state index contributed by atoms with van der Waals surface area (Å²) in [6.07, 6.45) is 6.35. The molecule has 4 aliphatic rings. The molecule has 0 atom stereocenters. The van der Waals surface area contributed by atoms with E-state index in [9.17, 15) is 15.0 Å². The van der Waals surface area contributed by atoms with Crippen molar-refractivity contribution in [3.8, 4) is 11.5 Å². The van der Waals surface area contributed by atoms with Crippen LogP contribution < -0.4 is 5.63 Å². The van der Waals surface area contributed by atoms with E-state index in [0.717, 1.165) is 48.8 Å². The molecule has 1 saturated carbocycles. The number of phenols is 2. The second-order valence-electron chi connectivity index (χ2n) is 8.86. The van der Waals surface area contributed by atoms with Crippen LogP contribution in [-0.4, -0.2) is 52.7 Å². The quantitative estimate of drug-likeness (QED) is 0.451. The van der Waals surface area contributed by atoms with Crippen LogP contribution in [0.4, 0.5) is 0 Å². The zero-order chi connectivity index (χ0) is 19.3. The number of benzene rings is 1. The summed E-state index contributed by atoms with van der Waals surface area (Å²) in [7, 11) is 0. The number of fused-ring (bicyclic) bond motifs is 7. The molecule has 0 amide bonds. The summed E-state index contributed by atoms with van der Waals surface area (Å²) in [6.45, 7) is 5.99. The Kier molecular flexibility index (Phi) is 7.53. The van der Waals surface area contributed by atoms with Crippen molar-refractivity contribution >= 4 is 44.9 Å². The largest absolute Gasteiger partial charge is 0.504 e. The number of nitrogens with zero attached hydrogens (tertiary/aromatic N) is 2. The highest BCUT2D eigenvalue weighted by atomic mass is 79.9. The molecule has 8 heteroatoms. The first-order valence-corrected chi connectivity index (χ1v) is 10.5. The van der Waals surface area contributed by atoms with Gasteiger partial charge in [-0.2, -0.15) is 0 Å². The molecule has 3 aliphatic heterocycles. The maximum atomic E-state index is 12.5. The average Bonchev–Trinajstić information content (AvgIpc) is 3.01. The summed E-state index contributed by atoms with van der Waals surface area (Å²) < 4.78 is 5.43. The molecular weight excluding hydrogens is 516 g/mol. The Morgan fingerprint density at radius 2 is 1.50 bits per heavy atom. The minimum Gasteiger partial charge on any atom is -0.504 e. The van der Waals surface area contributed by atoms with E-state index in [0.29, 0.717) is 17.7 Å². The molecule has 2 saturated heterocycles. The van der Waals surface area contributed by atoms with E-state index in [1.54, 1.807) is 0 Å². The SMILES string of the molecule is Br.Br.O=c1oc2cc(O)c(O)cc2c2c1CN(CCN1CC3CCC(CC3)C1)CC2. The Labute approximate surface area is 197 Å². The van der Waals surface area contributed by atoms with E-state index in [1.807, 2.05) is 0 Å². The summed E-state index contributed by atoms with van der Waals surface area (Å²) in [6, 6.07) is 2.83. The Morgan fingerprint density at radius 1 is 0.900 bits per heavy atom. The minimum atomic E-state index is -0.329. The summed E-state index contributed by atoms with van der Waals surface area (Å²) in [5.74, 6) is 1.31. The van der Waals surface area contributed by atoms with Crippen molar-refractivity contribution < 1.29 is 14.6 Å².